The Balaban J connectivity index is 1.21. The molecule has 0 radical (unpaired) electrons. The van der Waals surface area contributed by atoms with Crippen LogP contribution in [-0.2, 0) is 11.2 Å². The maximum Gasteiger partial charge on any atom is 0.256 e. The maximum atomic E-state index is 14.7. The summed E-state index contributed by atoms with van der Waals surface area (Å²) < 4.78 is 14.7. The number of carbonyl (C=O) groups excluding carboxylic acids is 2. The number of hydrogen-bond acceptors (Lipinski definition) is 6. The molecule has 0 bridgehead atoms. The van der Waals surface area contributed by atoms with Crippen molar-refractivity contribution < 1.29 is 14.0 Å². The van der Waals surface area contributed by atoms with Gasteiger partial charge in [-0.15, -0.1) is 0 Å². The van der Waals surface area contributed by atoms with Gasteiger partial charge in [-0.25, -0.2) is 9.82 Å². The smallest absolute Gasteiger partial charge is 0.256 e. The highest BCUT2D eigenvalue weighted by atomic mass is 19.1. The van der Waals surface area contributed by atoms with Gasteiger partial charge in [-0.1, -0.05) is 6.07 Å². The van der Waals surface area contributed by atoms with Gasteiger partial charge in [-0.3, -0.25) is 19.9 Å². The molecule has 186 valence electrons. The summed E-state index contributed by atoms with van der Waals surface area (Å²) in [6, 6.07) is 5.42. The fourth-order valence-corrected chi connectivity index (χ4v) is 6.06. The number of benzene rings is 1. The van der Waals surface area contributed by atoms with E-state index in [-0.39, 0.29) is 35.4 Å². The first-order valence-electron chi connectivity index (χ1n) is 12.8. The first-order chi connectivity index (χ1) is 16.5. The molecule has 4 heterocycles. The summed E-state index contributed by atoms with van der Waals surface area (Å²) in [5.41, 5.74) is 6.98. The van der Waals surface area contributed by atoms with E-state index in [2.05, 4.69) is 33.0 Å². The number of piperidine rings is 2. The molecule has 1 aromatic rings. The van der Waals surface area contributed by atoms with Gasteiger partial charge in [-0.05, 0) is 63.4 Å². The summed E-state index contributed by atoms with van der Waals surface area (Å²) in [5.74, 6) is -0.699. The number of likely N-dealkylation sites (N-methyl/N-ethyl adjacent to an activating group) is 1. The minimum Gasteiger partial charge on any atom is -0.338 e. The molecule has 8 nitrogen and oxygen atoms in total. The van der Waals surface area contributed by atoms with Crippen LogP contribution in [0.2, 0.25) is 0 Å². The summed E-state index contributed by atoms with van der Waals surface area (Å²) in [6.07, 6.45) is 4.36. The van der Waals surface area contributed by atoms with Gasteiger partial charge < -0.3 is 15.1 Å². The van der Waals surface area contributed by atoms with Gasteiger partial charge in [0.1, 0.15) is 5.82 Å². The van der Waals surface area contributed by atoms with Crippen molar-refractivity contribution in [3.8, 4) is 0 Å². The average Bonchev–Trinajstić information content (AvgIpc) is 2.87. The van der Waals surface area contributed by atoms with Crippen LogP contribution in [0, 0.1) is 11.7 Å². The van der Waals surface area contributed by atoms with Crippen molar-refractivity contribution in [2.24, 2.45) is 5.92 Å². The molecular weight excluding hydrogens is 435 g/mol. The van der Waals surface area contributed by atoms with E-state index in [1.54, 1.807) is 12.1 Å². The van der Waals surface area contributed by atoms with Gasteiger partial charge in [-0.2, -0.15) is 0 Å². The molecule has 0 spiro atoms. The number of carbonyl (C=O) groups is 2. The summed E-state index contributed by atoms with van der Waals surface area (Å²) in [5, 5.41) is 3.48. The van der Waals surface area contributed by atoms with E-state index in [4.69, 9.17) is 0 Å². The highest BCUT2D eigenvalue weighted by molar-refractivity contribution is 5.94. The van der Waals surface area contributed by atoms with Crippen molar-refractivity contribution in [3.63, 3.8) is 0 Å². The first kappa shape index (κ1) is 23.7. The van der Waals surface area contributed by atoms with E-state index < -0.39 is 5.82 Å². The molecular formula is C25H37FN6O2. The van der Waals surface area contributed by atoms with Crippen LogP contribution in [0.25, 0.3) is 0 Å². The Morgan fingerprint density at radius 1 is 1.09 bits per heavy atom. The normalized spacial score (nSPS) is 29.5. The van der Waals surface area contributed by atoms with E-state index >= 15 is 0 Å². The number of fused-ring (bicyclic) bond motifs is 1. The third-order valence-electron chi connectivity index (χ3n) is 8.18. The fraction of sp³-hybridized carbons (Fsp3) is 0.680. The highest BCUT2D eigenvalue weighted by Gasteiger charge is 2.40. The SMILES string of the molecule is CN1CCN(C2CCN(C(=O)c3cc(CC4NNC(=O)C5CCCNC45)ccc3F)CC2)CC1. The summed E-state index contributed by atoms with van der Waals surface area (Å²) in [4.78, 5) is 32.2. The van der Waals surface area contributed by atoms with Gasteiger partial charge >= 0.3 is 0 Å². The standard InChI is InChI=1S/C25H37FN6O2/c1-30-11-13-31(14-12-30)18-6-9-32(10-7-18)25(34)20-15-17(4-5-21(20)26)16-22-23-19(3-2-8-27-23)24(33)29-28-22/h4-5,15,18-19,22-23,27-28H,2-3,6-14,16H2,1H3,(H,29,33). The van der Waals surface area contributed by atoms with Crippen LogP contribution in [0.15, 0.2) is 18.2 Å². The van der Waals surface area contributed by atoms with E-state index in [9.17, 15) is 14.0 Å². The number of piperazine rings is 1. The molecule has 1 aromatic carbocycles. The predicted octanol–water partition coefficient (Wildman–Crippen LogP) is 0.591. The largest absolute Gasteiger partial charge is 0.338 e. The lowest BCUT2D eigenvalue weighted by Crippen LogP contribution is -2.67. The van der Waals surface area contributed by atoms with E-state index in [1.807, 2.05) is 4.90 Å². The van der Waals surface area contributed by atoms with Crippen molar-refractivity contribution in [2.75, 3.05) is 52.9 Å². The molecule has 0 aliphatic carbocycles. The van der Waals surface area contributed by atoms with Crippen LogP contribution >= 0.6 is 0 Å². The number of nitrogens with one attached hydrogen (secondary N) is 3. The van der Waals surface area contributed by atoms with E-state index in [1.165, 1.54) is 6.07 Å². The van der Waals surface area contributed by atoms with Gasteiger partial charge in [0.15, 0.2) is 0 Å². The van der Waals surface area contributed by atoms with Gasteiger partial charge in [0.05, 0.1) is 11.5 Å². The quantitative estimate of drug-likeness (QED) is 0.596. The highest BCUT2D eigenvalue weighted by Crippen LogP contribution is 2.25. The molecule has 5 rings (SSSR count). The van der Waals surface area contributed by atoms with Crippen molar-refractivity contribution >= 4 is 11.8 Å². The molecule has 4 aliphatic rings. The second-order valence-electron chi connectivity index (χ2n) is 10.3. The van der Waals surface area contributed by atoms with Crippen molar-refractivity contribution in [1.29, 1.82) is 0 Å². The number of hydrogen-bond donors (Lipinski definition) is 3. The zero-order chi connectivity index (χ0) is 23.7. The van der Waals surface area contributed by atoms with Crippen LogP contribution in [0.1, 0.15) is 41.6 Å². The van der Waals surface area contributed by atoms with Crippen molar-refractivity contribution in [1.82, 2.24) is 30.9 Å². The Morgan fingerprint density at radius 3 is 2.62 bits per heavy atom. The number of nitrogens with zero attached hydrogens (tertiary/aromatic N) is 3. The van der Waals surface area contributed by atoms with Gasteiger partial charge in [0.25, 0.3) is 5.91 Å². The molecule has 4 fully saturated rings. The number of hydrazine groups is 1. The van der Waals surface area contributed by atoms with E-state index in [0.717, 1.165) is 64.0 Å². The molecule has 4 saturated heterocycles. The Hall–Kier alpha value is -2.07. The number of amides is 2. The zero-order valence-corrected chi connectivity index (χ0v) is 20.1. The number of halogens is 1. The van der Waals surface area contributed by atoms with Crippen molar-refractivity contribution in [3.05, 3.63) is 35.1 Å². The fourth-order valence-electron chi connectivity index (χ4n) is 6.06. The van der Waals surface area contributed by atoms with Crippen LogP contribution in [0.5, 0.6) is 0 Å². The molecule has 34 heavy (non-hydrogen) atoms. The van der Waals surface area contributed by atoms with Gasteiger partial charge in [0.2, 0.25) is 5.91 Å². The number of rotatable bonds is 4. The molecule has 4 aliphatic heterocycles. The lowest BCUT2D eigenvalue weighted by Gasteiger charge is -2.42. The van der Waals surface area contributed by atoms with Crippen molar-refractivity contribution in [2.45, 2.75) is 50.2 Å². The first-order valence-corrected chi connectivity index (χ1v) is 12.8. The summed E-state index contributed by atoms with van der Waals surface area (Å²) in [6.45, 7) is 6.58. The Labute approximate surface area is 201 Å². The second kappa shape index (κ2) is 10.3. The Bertz CT molecular complexity index is 897. The third-order valence-corrected chi connectivity index (χ3v) is 8.18. The lowest BCUT2D eigenvalue weighted by atomic mass is 9.82. The third kappa shape index (κ3) is 4.98. The second-order valence-corrected chi connectivity index (χ2v) is 10.3. The van der Waals surface area contributed by atoms with Crippen LogP contribution in [0.3, 0.4) is 0 Å². The molecule has 3 atom stereocenters. The topological polar surface area (TPSA) is 80.0 Å². The minimum absolute atomic E-state index is 0.00394. The minimum atomic E-state index is -0.464. The number of likely N-dealkylation sites (tertiary alicyclic amines) is 1. The molecule has 2 amide bonds. The van der Waals surface area contributed by atoms with Crippen LogP contribution in [0.4, 0.5) is 4.39 Å². The molecule has 0 saturated carbocycles. The van der Waals surface area contributed by atoms with Crippen LogP contribution in [-0.4, -0.2) is 97.5 Å². The Morgan fingerprint density at radius 2 is 1.85 bits per heavy atom. The molecule has 0 aromatic heterocycles. The summed E-state index contributed by atoms with van der Waals surface area (Å²) in [7, 11) is 2.16. The summed E-state index contributed by atoms with van der Waals surface area (Å²) >= 11 is 0. The zero-order valence-electron chi connectivity index (χ0n) is 20.1. The van der Waals surface area contributed by atoms with Gasteiger partial charge in [0, 0.05) is 57.4 Å². The molecule has 3 unspecified atom stereocenters. The average molecular weight is 473 g/mol. The van der Waals surface area contributed by atoms with Crippen LogP contribution < -0.4 is 16.2 Å². The predicted molar refractivity (Wildman–Crippen MR) is 128 cm³/mol. The molecule has 9 heteroatoms. The molecule has 3 N–H and O–H groups in total. The Kier molecular flexibility index (Phi) is 7.15. The maximum absolute atomic E-state index is 14.7. The van der Waals surface area contributed by atoms with E-state index in [0.29, 0.717) is 25.6 Å². The monoisotopic (exact) mass is 472 g/mol. The lowest BCUT2D eigenvalue weighted by molar-refractivity contribution is -0.131.